The fourth-order valence-electron chi connectivity index (χ4n) is 2.01. The Labute approximate surface area is 89.6 Å². The second-order valence-electron chi connectivity index (χ2n) is 4.19. The van der Waals surface area contributed by atoms with Crippen molar-refractivity contribution in [3.8, 4) is 0 Å². The summed E-state index contributed by atoms with van der Waals surface area (Å²) in [7, 11) is -5.88. The van der Waals surface area contributed by atoms with E-state index in [0.29, 0.717) is 12.8 Å². The molecule has 0 bridgehead atoms. The molecule has 2 fully saturated rings. The van der Waals surface area contributed by atoms with E-state index in [2.05, 4.69) is 0 Å². The van der Waals surface area contributed by atoms with Gasteiger partial charge in [-0.25, -0.2) is 16.8 Å². The van der Waals surface area contributed by atoms with Crippen LogP contribution in [0.5, 0.6) is 0 Å². The van der Waals surface area contributed by atoms with Crippen molar-refractivity contribution < 1.29 is 21.6 Å². The lowest BCUT2D eigenvalue weighted by atomic mass is 10.3. The highest BCUT2D eigenvalue weighted by Crippen LogP contribution is 2.21. The van der Waals surface area contributed by atoms with Crippen LogP contribution in [0.25, 0.3) is 0 Å². The Morgan fingerprint density at radius 3 is 1.47 bits per heavy atom. The monoisotopic (exact) mass is 254 g/mol. The van der Waals surface area contributed by atoms with E-state index in [0.717, 1.165) is 0 Å². The van der Waals surface area contributed by atoms with Crippen molar-refractivity contribution in [2.24, 2.45) is 0 Å². The van der Waals surface area contributed by atoms with Crippen LogP contribution in [0.1, 0.15) is 12.8 Å². The second kappa shape index (κ2) is 3.71. The average Bonchev–Trinajstić information content (AvgIpc) is 2.56. The Kier molecular flexibility index (Phi) is 2.81. The minimum Gasteiger partial charge on any atom is -0.373 e. The zero-order chi connectivity index (χ0) is 11.1. The molecule has 88 valence electrons. The summed E-state index contributed by atoms with van der Waals surface area (Å²) in [5, 5.41) is 0. The number of hydrogen-bond acceptors (Lipinski definition) is 5. The van der Waals surface area contributed by atoms with Gasteiger partial charge >= 0.3 is 0 Å². The van der Waals surface area contributed by atoms with Crippen LogP contribution in [0, 0.1) is 0 Å². The van der Waals surface area contributed by atoms with Crippen molar-refractivity contribution in [3.63, 3.8) is 0 Å². The molecule has 2 saturated heterocycles. The van der Waals surface area contributed by atoms with Gasteiger partial charge in [-0.05, 0) is 12.8 Å². The van der Waals surface area contributed by atoms with Gasteiger partial charge in [-0.2, -0.15) is 0 Å². The number of ether oxygens (including phenoxy) is 1. The van der Waals surface area contributed by atoms with E-state index in [1.807, 2.05) is 0 Å². The molecule has 2 atom stereocenters. The average molecular weight is 254 g/mol. The first-order chi connectivity index (χ1) is 6.86. The maximum atomic E-state index is 11.1. The van der Waals surface area contributed by atoms with E-state index in [4.69, 9.17) is 4.74 Å². The molecule has 0 spiro atoms. The first kappa shape index (κ1) is 11.3. The smallest absolute Gasteiger partial charge is 0.152 e. The van der Waals surface area contributed by atoms with Crippen LogP contribution < -0.4 is 0 Å². The van der Waals surface area contributed by atoms with Crippen LogP contribution in [0.2, 0.25) is 0 Å². The van der Waals surface area contributed by atoms with Gasteiger partial charge in [0, 0.05) is 0 Å². The Bertz CT molecular complexity index is 394. The minimum atomic E-state index is -2.94. The predicted molar refractivity (Wildman–Crippen MR) is 55.2 cm³/mol. The van der Waals surface area contributed by atoms with E-state index >= 15 is 0 Å². The highest BCUT2D eigenvalue weighted by molar-refractivity contribution is 7.92. The number of hydrogen-bond donors (Lipinski definition) is 0. The number of sulfone groups is 2. The van der Waals surface area contributed by atoms with Crippen LogP contribution in [0.15, 0.2) is 0 Å². The summed E-state index contributed by atoms with van der Waals surface area (Å²) in [5.41, 5.74) is 0. The molecule has 0 aromatic carbocycles. The second-order valence-corrected chi connectivity index (χ2v) is 8.64. The van der Waals surface area contributed by atoms with Gasteiger partial charge in [-0.15, -0.1) is 0 Å². The highest BCUT2D eigenvalue weighted by Gasteiger charge is 2.34. The van der Waals surface area contributed by atoms with Gasteiger partial charge in [-0.1, -0.05) is 0 Å². The topological polar surface area (TPSA) is 77.5 Å². The van der Waals surface area contributed by atoms with Gasteiger partial charge in [0.2, 0.25) is 0 Å². The minimum absolute atomic E-state index is 0.0452. The Morgan fingerprint density at radius 1 is 0.800 bits per heavy atom. The summed E-state index contributed by atoms with van der Waals surface area (Å²) >= 11 is 0. The molecular formula is C8H14O5S2. The van der Waals surface area contributed by atoms with Gasteiger partial charge in [0.05, 0.1) is 35.2 Å². The summed E-state index contributed by atoms with van der Waals surface area (Å²) in [6, 6.07) is 0. The molecule has 0 aliphatic carbocycles. The largest absolute Gasteiger partial charge is 0.373 e. The predicted octanol–water partition coefficient (Wildman–Crippen LogP) is -0.623. The molecule has 5 nitrogen and oxygen atoms in total. The SMILES string of the molecule is O=S1(=O)CC[C@@H](O[C@H]2CCS(=O)(=O)C2)C1. The van der Waals surface area contributed by atoms with Gasteiger partial charge in [0.1, 0.15) is 0 Å². The van der Waals surface area contributed by atoms with Crippen molar-refractivity contribution in [2.75, 3.05) is 23.0 Å². The highest BCUT2D eigenvalue weighted by atomic mass is 32.2. The van der Waals surface area contributed by atoms with Gasteiger partial charge < -0.3 is 4.74 Å². The lowest BCUT2D eigenvalue weighted by Gasteiger charge is -2.14. The molecule has 0 saturated carbocycles. The molecule has 2 aliphatic rings. The van der Waals surface area contributed by atoms with Crippen molar-refractivity contribution in [1.82, 2.24) is 0 Å². The molecule has 2 rings (SSSR count). The molecule has 0 aromatic heterocycles. The van der Waals surface area contributed by atoms with Crippen LogP contribution >= 0.6 is 0 Å². The first-order valence-corrected chi connectivity index (χ1v) is 8.57. The molecule has 7 heteroatoms. The molecule has 0 amide bonds. The molecule has 2 heterocycles. The summed E-state index contributed by atoms with van der Waals surface area (Å²) in [6.07, 6.45) is 0.402. The molecular weight excluding hydrogens is 240 g/mol. The van der Waals surface area contributed by atoms with Gasteiger partial charge in [0.15, 0.2) is 19.7 Å². The molecule has 0 N–H and O–H groups in total. The van der Waals surface area contributed by atoms with E-state index in [9.17, 15) is 16.8 Å². The van der Waals surface area contributed by atoms with Crippen LogP contribution in [-0.4, -0.2) is 52.1 Å². The molecule has 15 heavy (non-hydrogen) atoms. The summed E-state index contributed by atoms with van der Waals surface area (Å²) in [4.78, 5) is 0. The van der Waals surface area contributed by atoms with E-state index in [-0.39, 0.29) is 35.2 Å². The zero-order valence-corrected chi connectivity index (χ0v) is 9.89. The van der Waals surface area contributed by atoms with Crippen molar-refractivity contribution in [1.29, 1.82) is 0 Å². The first-order valence-electron chi connectivity index (χ1n) is 4.93. The summed E-state index contributed by atoms with van der Waals surface area (Å²) in [5.74, 6) is 0.418. The summed E-state index contributed by atoms with van der Waals surface area (Å²) < 4.78 is 50.1. The van der Waals surface area contributed by atoms with E-state index in [1.54, 1.807) is 0 Å². The maximum Gasteiger partial charge on any atom is 0.152 e. The Hall–Kier alpha value is -0.140. The fraction of sp³-hybridized carbons (Fsp3) is 1.00. The van der Waals surface area contributed by atoms with Gasteiger partial charge in [-0.3, -0.25) is 0 Å². The third-order valence-corrected chi connectivity index (χ3v) is 6.24. The fourth-order valence-corrected chi connectivity index (χ4v) is 5.21. The summed E-state index contributed by atoms with van der Waals surface area (Å²) in [6.45, 7) is 0. The van der Waals surface area contributed by atoms with Crippen LogP contribution in [-0.2, 0) is 24.4 Å². The van der Waals surface area contributed by atoms with Gasteiger partial charge in [0.25, 0.3) is 0 Å². The Morgan fingerprint density at radius 2 is 1.20 bits per heavy atom. The zero-order valence-electron chi connectivity index (χ0n) is 8.26. The molecule has 0 radical (unpaired) electrons. The molecule has 0 aromatic rings. The number of rotatable bonds is 2. The molecule has 2 aliphatic heterocycles. The third-order valence-electron chi connectivity index (χ3n) is 2.77. The molecule has 0 unspecified atom stereocenters. The lowest BCUT2D eigenvalue weighted by molar-refractivity contribution is 0.0171. The maximum absolute atomic E-state index is 11.1. The standard InChI is InChI=1S/C8H14O5S2/c9-14(10)3-1-7(5-14)13-8-2-4-15(11,12)6-8/h7-8H,1-6H2/t7-,8+. The Balaban J connectivity index is 1.90. The van der Waals surface area contributed by atoms with Crippen molar-refractivity contribution in [2.45, 2.75) is 25.0 Å². The van der Waals surface area contributed by atoms with Crippen LogP contribution in [0.4, 0.5) is 0 Å². The lowest BCUT2D eigenvalue weighted by Crippen LogP contribution is -2.24. The van der Waals surface area contributed by atoms with E-state index in [1.165, 1.54) is 0 Å². The quantitative estimate of drug-likeness (QED) is 0.656. The van der Waals surface area contributed by atoms with Crippen molar-refractivity contribution in [3.05, 3.63) is 0 Å². The normalized spacial score (nSPS) is 38.1. The van der Waals surface area contributed by atoms with E-state index < -0.39 is 19.7 Å². The van der Waals surface area contributed by atoms with Crippen molar-refractivity contribution >= 4 is 19.7 Å². The third kappa shape index (κ3) is 2.92. The van der Waals surface area contributed by atoms with Crippen LogP contribution in [0.3, 0.4) is 0 Å².